The Morgan fingerprint density at radius 3 is 1.79 bits per heavy atom. The summed E-state index contributed by atoms with van der Waals surface area (Å²) in [5.41, 5.74) is 4.04. The molecule has 3 aromatic carbocycles. The Morgan fingerprint density at radius 1 is 0.897 bits per heavy atom. The van der Waals surface area contributed by atoms with Gasteiger partial charge in [-0.05, 0) is 55.2 Å². The second-order valence-electron chi connectivity index (χ2n) is 7.30. The molecule has 1 amide bonds. The zero-order chi connectivity index (χ0) is 20.8. The Morgan fingerprint density at radius 2 is 1.34 bits per heavy atom. The molecule has 0 fully saturated rings. The number of halogens is 1. The number of carbonyl (C=O) groups is 1. The topological polar surface area (TPSA) is 29.5 Å². The lowest BCUT2D eigenvalue weighted by molar-refractivity contribution is -0.139. The molecule has 150 valence electrons. The van der Waals surface area contributed by atoms with Crippen LogP contribution in [0.15, 0.2) is 72.8 Å². The molecule has 3 aromatic rings. The Labute approximate surface area is 177 Å². The summed E-state index contributed by atoms with van der Waals surface area (Å²) in [4.78, 5) is 15.1. The maximum Gasteiger partial charge on any atom is 0.263 e. The lowest BCUT2D eigenvalue weighted by Gasteiger charge is -2.27. The molecule has 0 aliphatic carbocycles. The first-order chi connectivity index (χ1) is 13.9. The van der Waals surface area contributed by atoms with Crippen LogP contribution < -0.4 is 4.74 Å². The van der Waals surface area contributed by atoms with Gasteiger partial charge in [0.05, 0.1) is 0 Å². The van der Waals surface area contributed by atoms with E-state index in [2.05, 4.69) is 0 Å². The van der Waals surface area contributed by atoms with Gasteiger partial charge in [-0.2, -0.15) is 0 Å². The average molecular weight is 408 g/mol. The minimum atomic E-state index is -0.609. The zero-order valence-electron chi connectivity index (χ0n) is 17.1. The van der Waals surface area contributed by atoms with Crippen molar-refractivity contribution in [3.8, 4) is 5.75 Å². The minimum absolute atomic E-state index is 0.0528. The number of nitrogens with zero attached hydrogens (tertiary/aromatic N) is 1. The highest BCUT2D eigenvalue weighted by Crippen LogP contribution is 2.27. The van der Waals surface area contributed by atoms with Gasteiger partial charge in [-0.25, -0.2) is 0 Å². The fraction of sp³-hybridized carbons (Fsp3) is 0.240. The third-order valence-corrected chi connectivity index (χ3v) is 5.41. The number of amides is 1. The van der Waals surface area contributed by atoms with Crippen molar-refractivity contribution in [2.24, 2.45) is 0 Å². The lowest BCUT2D eigenvalue weighted by atomic mass is 10.1. The fourth-order valence-electron chi connectivity index (χ4n) is 3.31. The summed E-state index contributed by atoms with van der Waals surface area (Å²) in [5.74, 6) is 0.604. The van der Waals surface area contributed by atoms with Gasteiger partial charge in [-0.15, -0.1) is 0 Å². The molecule has 3 rings (SSSR count). The van der Waals surface area contributed by atoms with Crippen LogP contribution in [0.5, 0.6) is 5.75 Å². The third kappa shape index (κ3) is 5.61. The summed E-state index contributed by atoms with van der Waals surface area (Å²) < 4.78 is 6.00. The van der Waals surface area contributed by atoms with Crippen LogP contribution >= 0.6 is 11.6 Å². The van der Waals surface area contributed by atoms with E-state index >= 15 is 0 Å². The van der Waals surface area contributed by atoms with Gasteiger partial charge < -0.3 is 9.64 Å². The van der Waals surface area contributed by atoms with Gasteiger partial charge in [0.2, 0.25) is 0 Å². The molecule has 0 N–H and O–H groups in total. The van der Waals surface area contributed by atoms with Crippen LogP contribution in [-0.4, -0.2) is 16.9 Å². The number of benzene rings is 3. The number of aryl methyl sites for hydroxylation is 2. The molecule has 0 aliphatic rings. The van der Waals surface area contributed by atoms with Crippen molar-refractivity contribution in [1.29, 1.82) is 0 Å². The van der Waals surface area contributed by atoms with Crippen LogP contribution in [0.4, 0.5) is 0 Å². The van der Waals surface area contributed by atoms with Crippen LogP contribution in [0.1, 0.15) is 29.2 Å². The first kappa shape index (κ1) is 20.9. The molecule has 4 heteroatoms. The number of rotatable bonds is 7. The summed E-state index contributed by atoms with van der Waals surface area (Å²) in [6, 6.07) is 23.8. The molecule has 0 bridgehead atoms. The van der Waals surface area contributed by atoms with E-state index in [1.165, 1.54) is 0 Å². The number of hydrogen-bond acceptors (Lipinski definition) is 2. The van der Waals surface area contributed by atoms with Crippen LogP contribution in [-0.2, 0) is 17.9 Å². The second-order valence-corrected chi connectivity index (χ2v) is 7.67. The van der Waals surface area contributed by atoms with E-state index in [0.29, 0.717) is 18.8 Å². The van der Waals surface area contributed by atoms with Crippen LogP contribution in [0.2, 0.25) is 5.02 Å². The van der Waals surface area contributed by atoms with Crippen molar-refractivity contribution in [1.82, 2.24) is 4.90 Å². The predicted octanol–water partition coefficient (Wildman–Crippen LogP) is 5.95. The van der Waals surface area contributed by atoms with Gasteiger partial charge in [0, 0.05) is 18.1 Å². The minimum Gasteiger partial charge on any atom is -0.481 e. The standard InChI is InChI=1S/C25H26ClNO2/c1-18-14-23(15-19(2)24(18)26)29-20(3)25(28)27(16-21-10-6-4-7-11-21)17-22-12-8-5-9-13-22/h4-15,20H,16-17H2,1-3H3/t20-/m1/s1. The molecule has 29 heavy (non-hydrogen) atoms. The maximum atomic E-state index is 13.3. The van der Waals surface area contributed by atoms with Crippen LogP contribution in [0.3, 0.4) is 0 Å². The molecule has 0 aromatic heterocycles. The summed E-state index contributed by atoms with van der Waals surface area (Å²) in [5, 5.41) is 0.728. The van der Waals surface area contributed by atoms with Crippen LogP contribution in [0, 0.1) is 13.8 Å². The van der Waals surface area contributed by atoms with Crippen molar-refractivity contribution in [2.75, 3.05) is 0 Å². The Hall–Kier alpha value is -2.78. The molecule has 0 radical (unpaired) electrons. The molecule has 0 unspecified atom stereocenters. The first-order valence-corrected chi connectivity index (χ1v) is 10.1. The van der Waals surface area contributed by atoms with Crippen molar-refractivity contribution in [3.63, 3.8) is 0 Å². The molecular formula is C25H26ClNO2. The zero-order valence-corrected chi connectivity index (χ0v) is 17.8. The van der Waals surface area contributed by atoms with E-state index in [0.717, 1.165) is 27.3 Å². The molecule has 3 nitrogen and oxygen atoms in total. The van der Waals surface area contributed by atoms with Gasteiger partial charge in [0.25, 0.3) is 5.91 Å². The van der Waals surface area contributed by atoms with Gasteiger partial charge in [0.15, 0.2) is 6.10 Å². The molecule has 0 saturated carbocycles. The predicted molar refractivity (Wildman–Crippen MR) is 118 cm³/mol. The molecule has 0 heterocycles. The molecular weight excluding hydrogens is 382 g/mol. The molecule has 0 aliphatic heterocycles. The summed E-state index contributed by atoms with van der Waals surface area (Å²) in [7, 11) is 0. The highest BCUT2D eigenvalue weighted by atomic mass is 35.5. The van der Waals surface area contributed by atoms with E-state index in [9.17, 15) is 4.79 Å². The summed E-state index contributed by atoms with van der Waals surface area (Å²) in [6.07, 6.45) is -0.609. The molecule has 0 spiro atoms. The van der Waals surface area contributed by atoms with Crippen LogP contribution in [0.25, 0.3) is 0 Å². The van der Waals surface area contributed by atoms with Crippen molar-refractivity contribution in [2.45, 2.75) is 40.0 Å². The number of ether oxygens (including phenoxy) is 1. The van der Waals surface area contributed by atoms with Gasteiger partial charge >= 0.3 is 0 Å². The summed E-state index contributed by atoms with van der Waals surface area (Å²) in [6.45, 7) is 6.73. The Bertz CT molecular complexity index is 893. The van der Waals surface area contributed by atoms with Crippen molar-refractivity contribution >= 4 is 17.5 Å². The largest absolute Gasteiger partial charge is 0.481 e. The van der Waals surface area contributed by atoms with E-state index in [1.54, 1.807) is 6.92 Å². The number of carbonyl (C=O) groups excluding carboxylic acids is 1. The second kappa shape index (κ2) is 9.62. The Kier molecular flexibility index (Phi) is 6.95. The highest BCUT2D eigenvalue weighted by Gasteiger charge is 2.23. The quantitative estimate of drug-likeness (QED) is 0.484. The smallest absolute Gasteiger partial charge is 0.263 e. The third-order valence-electron chi connectivity index (χ3n) is 4.81. The maximum absolute atomic E-state index is 13.3. The first-order valence-electron chi connectivity index (χ1n) is 9.74. The van der Waals surface area contributed by atoms with Gasteiger partial charge in [-0.1, -0.05) is 72.3 Å². The Balaban J connectivity index is 1.79. The average Bonchev–Trinajstić information content (AvgIpc) is 2.72. The van der Waals surface area contributed by atoms with E-state index in [-0.39, 0.29) is 5.91 Å². The molecule has 0 saturated heterocycles. The lowest BCUT2D eigenvalue weighted by Crippen LogP contribution is -2.39. The molecule has 1 atom stereocenters. The van der Waals surface area contributed by atoms with Crippen molar-refractivity contribution < 1.29 is 9.53 Å². The van der Waals surface area contributed by atoms with E-state index in [4.69, 9.17) is 16.3 Å². The highest BCUT2D eigenvalue weighted by molar-refractivity contribution is 6.32. The number of hydrogen-bond donors (Lipinski definition) is 0. The summed E-state index contributed by atoms with van der Waals surface area (Å²) >= 11 is 6.25. The normalized spacial score (nSPS) is 11.7. The van der Waals surface area contributed by atoms with Gasteiger partial charge in [-0.3, -0.25) is 4.79 Å². The van der Waals surface area contributed by atoms with Gasteiger partial charge in [0.1, 0.15) is 5.75 Å². The van der Waals surface area contributed by atoms with E-state index in [1.807, 2.05) is 91.5 Å². The fourth-order valence-corrected chi connectivity index (χ4v) is 3.41. The SMILES string of the molecule is Cc1cc(O[C@H](C)C(=O)N(Cc2ccccc2)Cc2ccccc2)cc(C)c1Cl. The van der Waals surface area contributed by atoms with Crippen molar-refractivity contribution in [3.05, 3.63) is 100 Å². The monoisotopic (exact) mass is 407 g/mol. The van der Waals surface area contributed by atoms with E-state index < -0.39 is 6.10 Å².